The Bertz CT molecular complexity index is 633. The largest absolute Gasteiger partial charge is 0.457 e. The predicted molar refractivity (Wildman–Crippen MR) is 73.1 cm³/mol. The second kappa shape index (κ2) is 5.40. The highest BCUT2D eigenvalue weighted by Crippen LogP contribution is 2.25. The van der Waals surface area contributed by atoms with Crippen LogP contribution in [0.2, 0.25) is 0 Å². The van der Waals surface area contributed by atoms with Crippen LogP contribution in [0.15, 0.2) is 67.0 Å². The summed E-state index contributed by atoms with van der Waals surface area (Å²) in [5, 5.41) is 4.17. The van der Waals surface area contributed by atoms with Gasteiger partial charge in [0.15, 0.2) is 0 Å². The Hall–Kier alpha value is -2.55. The minimum absolute atomic E-state index is 0.673. The maximum atomic E-state index is 5.91. The van der Waals surface area contributed by atoms with Gasteiger partial charge in [0.1, 0.15) is 11.5 Å². The molecule has 0 spiro atoms. The highest BCUT2D eigenvalue weighted by atomic mass is 16.5. The lowest BCUT2D eigenvalue weighted by Crippen LogP contribution is -2.01. The van der Waals surface area contributed by atoms with Crippen molar-refractivity contribution in [2.75, 3.05) is 0 Å². The molecule has 3 heteroatoms. The van der Waals surface area contributed by atoms with Crippen molar-refractivity contribution < 1.29 is 4.74 Å². The Kier molecular flexibility index (Phi) is 3.28. The first-order valence-electron chi connectivity index (χ1n) is 6.11. The molecule has 0 aliphatic carbocycles. The summed E-state index contributed by atoms with van der Waals surface area (Å²) >= 11 is 0. The highest BCUT2D eigenvalue weighted by molar-refractivity contribution is 5.37. The van der Waals surface area contributed by atoms with Crippen LogP contribution >= 0.6 is 0 Å². The second-order valence-electron chi connectivity index (χ2n) is 4.16. The third-order valence-electron chi connectivity index (χ3n) is 2.78. The Morgan fingerprint density at radius 2 is 1.79 bits per heavy atom. The molecule has 2 aromatic carbocycles. The van der Waals surface area contributed by atoms with Gasteiger partial charge in [0.05, 0.1) is 12.7 Å². The topological polar surface area (TPSA) is 27.1 Å². The molecule has 0 fully saturated rings. The fourth-order valence-electron chi connectivity index (χ4n) is 1.87. The summed E-state index contributed by atoms with van der Waals surface area (Å²) in [5.41, 5.74) is 1.09. The average molecular weight is 249 g/mol. The van der Waals surface area contributed by atoms with Crippen LogP contribution in [0.5, 0.6) is 11.5 Å². The number of hydrogen-bond donors (Lipinski definition) is 0. The zero-order valence-electron chi connectivity index (χ0n) is 10.4. The third-order valence-corrected chi connectivity index (χ3v) is 2.78. The van der Waals surface area contributed by atoms with Gasteiger partial charge in [0, 0.05) is 17.8 Å². The maximum Gasteiger partial charge on any atom is 0.132 e. The van der Waals surface area contributed by atoms with Gasteiger partial charge in [0.2, 0.25) is 0 Å². The molecule has 3 aromatic rings. The smallest absolute Gasteiger partial charge is 0.132 e. The summed E-state index contributed by atoms with van der Waals surface area (Å²) in [5.74, 6) is 1.69. The monoisotopic (exact) mass is 249 g/mol. The molecule has 0 saturated heterocycles. The Balaban J connectivity index is 1.85. The molecule has 19 heavy (non-hydrogen) atoms. The summed E-state index contributed by atoms with van der Waals surface area (Å²) in [6.45, 7) is 0.673. The molecule has 1 radical (unpaired) electrons. The number of rotatable bonds is 4. The van der Waals surface area contributed by atoms with Gasteiger partial charge in [-0.25, -0.2) is 0 Å². The van der Waals surface area contributed by atoms with E-state index in [0.717, 1.165) is 17.1 Å². The predicted octanol–water partition coefficient (Wildman–Crippen LogP) is 3.52. The van der Waals surface area contributed by atoms with Crippen molar-refractivity contribution in [3.05, 3.63) is 78.6 Å². The van der Waals surface area contributed by atoms with Gasteiger partial charge in [0.25, 0.3) is 0 Å². The quantitative estimate of drug-likeness (QED) is 0.707. The molecule has 0 aliphatic heterocycles. The first kappa shape index (κ1) is 11.5. The van der Waals surface area contributed by atoms with E-state index < -0.39 is 0 Å². The number of aromatic nitrogens is 2. The summed E-state index contributed by atoms with van der Waals surface area (Å²) < 4.78 is 7.73. The molecule has 3 rings (SSSR count). The third kappa shape index (κ3) is 2.83. The van der Waals surface area contributed by atoms with Gasteiger partial charge in [-0.15, -0.1) is 0 Å². The summed E-state index contributed by atoms with van der Waals surface area (Å²) in [7, 11) is 0. The summed E-state index contributed by atoms with van der Waals surface area (Å²) in [6.07, 6.45) is 3.47. The number of benzene rings is 2. The lowest BCUT2D eigenvalue weighted by Gasteiger charge is -2.11. The number of hydrogen-bond acceptors (Lipinski definition) is 2. The van der Waals surface area contributed by atoms with Crippen LogP contribution in [0, 0.1) is 6.07 Å². The van der Waals surface area contributed by atoms with Crippen LogP contribution in [-0.2, 0) is 6.54 Å². The van der Waals surface area contributed by atoms with E-state index in [-0.39, 0.29) is 0 Å². The summed E-state index contributed by atoms with van der Waals surface area (Å²) in [4.78, 5) is 0. The van der Waals surface area contributed by atoms with Crippen LogP contribution in [0.1, 0.15) is 5.56 Å². The molecule has 0 unspecified atom stereocenters. The summed E-state index contributed by atoms with van der Waals surface area (Å²) in [6, 6.07) is 20.7. The van der Waals surface area contributed by atoms with Gasteiger partial charge in [-0.2, -0.15) is 5.10 Å². The van der Waals surface area contributed by atoms with Crippen molar-refractivity contribution in [2.24, 2.45) is 0 Å². The molecular weight excluding hydrogens is 236 g/mol. The number of ether oxygens (including phenoxy) is 1. The molecule has 0 saturated carbocycles. The van der Waals surface area contributed by atoms with E-state index in [1.807, 2.05) is 65.5 Å². The highest BCUT2D eigenvalue weighted by Gasteiger charge is 2.05. The maximum absolute atomic E-state index is 5.91. The van der Waals surface area contributed by atoms with E-state index in [0.29, 0.717) is 6.54 Å². The fourth-order valence-corrected chi connectivity index (χ4v) is 1.87. The molecular formula is C16H13N2O. The fraction of sp³-hybridized carbons (Fsp3) is 0.0625. The SMILES string of the molecule is [c]1cnn(Cc2ccccc2Oc2ccccc2)c1. The van der Waals surface area contributed by atoms with Crippen molar-refractivity contribution >= 4 is 0 Å². The Morgan fingerprint density at radius 1 is 1.00 bits per heavy atom. The van der Waals surface area contributed by atoms with E-state index in [1.165, 1.54) is 0 Å². The first-order chi connectivity index (χ1) is 9.42. The van der Waals surface area contributed by atoms with Crippen LogP contribution in [0.25, 0.3) is 0 Å². The van der Waals surface area contributed by atoms with Gasteiger partial charge < -0.3 is 4.74 Å². The lowest BCUT2D eigenvalue weighted by molar-refractivity contribution is 0.472. The molecule has 1 aromatic heterocycles. The van der Waals surface area contributed by atoms with E-state index in [9.17, 15) is 0 Å². The van der Waals surface area contributed by atoms with Gasteiger partial charge in [-0.1, -0.05) is 36.4 Å². The normalized spacial score (nSPS) is 10.3. The van der Waals surface area contributed by atoms with Crippen molar-refractivity contribution in [2.45, 2.75) is 6.54 Å². The van der Waals surface area contributed by atoms with E-state index in [1.54, 1.807) is 6.20 Å². The molecule has 0 aliphatic rings. The second-order valence-corrected chi connectivity index (χ2v) is 4.16. The van der Waals surface area contributed by atoms with E-state index in [2.05, 4.69) is 11.2 Å². The Labute approximate surface area is 112 Å². The van der Waals surface area contributed by atoms with E-state index >= 15 is 0 Å². The van der Waals surface area contributed by atoms with Crippen LogP contribution in [0.3, 0.4) is 0 Å². The molecule has 0 atom stereocenters. The van der Waals surface area contributed by atoms with Crippen LogP contribution < -0.4 is 4.74 Å². The number of nitrogens with zero attached hydrogens (tertiary/aromatic N) is 2. The van der Waals surface area contributed by atoms with Crippen LogP contribution in [-0.4, -0.2) is 9.78 Å². The van der Waals surface area contributed by atoms with Crippen molar-refractivity contribution in [1.82, 2.24) is 9.78 Å². The molecule has 1 heterocycles. The van der Waals surface area contributed by atoms with Crippen molar-refractivity contribution in [1.29, 1.82) is 0 Å². The molecule has 3 nitrogen and oxygen atoms in total. The lowest BCUT2D eigenvalue weighted by atomic mass is 10.2. The first-order valence-corrected chi connectivity index (χ1v) is 6.11. The zero-order chi connectivity index (χ0) is 12.9. The van der Waals surface area contributed by atoms with Crippen LogP contribution in [0.4, 0.5) is 0 Å². The Morgan fingerprint density at radius 3 is 2.58 bits per heavy atom. The van der Waals surface area contributed by atoms with Gasteiger partial charge in [-0.3, -0.25) is 4.68 Å². The van der Waals surface area contributed by atoms with Gasteiger partial charge >= 0.3 is 0 Å². The average Bonchev–Trinajstić information content (AvgIpc) is 2.95. The van der Waals surface area contributed by atoms with Crippen molar-refractivity contribution in [3.8, 4) is 11.5 Å². The van der Waals surface area contributed by atoms with Crippen molar-refractivity contribution in [3.63, 3.8) is 0 Å². The number of para-hydroxylation sites is 2. The zero-order valence-corrected chi connectivity index (χ0v) is 10.4. The standard InChI is InChI=1S/C16H13N2O/c1-2-8-15(9-3-1)19-16-10-5-4-7-14(16)13-18-12-6-11-17-18/h1-5,7-12H,13H2. The minimum atomic E-state index is 0.673. The van der Waals surface area contributed by atoms with E-state index in [4.69, 9.17) is 4.74 Å². The molecule has 0 N–H and O–H groups in total. The molecule has 93 valence electrons. The minimum Gasteiger partial charge on any atom is -0.457 e. The molecule has 0 bridgehead atoms. The van der Waals surface area contributed by atoms with Gasteiger partial charge in [-0.05, 0) is 18.2 Å². The molecule has 0 amide bonds.